The van der Waals surface area contributed by atoms with Crippen LogP contribution in [0.15, 0.2) is 36.7 Å². The van der Waals surface area contributed by atoms with Crippen LogP contribution >= 0.6 is 22.6 Å². The van der Waals surface area contributed by atoms with Crippen molar-refractivity contribution in [3.05, 3.63) is 45.8 Å². The molecular weight excluding hydrogens is 361 g/mol. The Bertz CT molecular complexity index is 607. The Labute approximate surface area is 122 Å². The van der Waals surface area contributed by atoms with Gasteiger partial charge in [-0.25, -0.2) is 0 Å². The molecule has 0 unspecified atom stereocenters. The van der Waals surface area contributed by atoms with Gasteiger partial charge in [-0.05, 0) is 46.9 Å². The molecule has 0 spiro atoms. The lowest BCUT2D eigenvalue weighted by Gasteiger charge is -2.02. The molecule has 0 aliphatic carbocycles. The largest absolute Gasteiger partial charge is 0.480 e. The van der Waals surface area contributed by atoms with E-state index in [1.807, 2.05) is 12.1 Å². The predicted octanol–water partition coefficient (Wildman–Crippen LogP) is 1.82. The first-order chi connectivity index (χ1) is 9.04. The summed E-state index contributed by atoms with van der Waals surface area (Å²) < 4.78 is 2.29. The van der Waals surface area contributed by atoms with Crippen molar-refractivity contribution in [3.63, 3.8) is 0 Å². The number of benzene rings is 1. The zero-order valence-corrected chi connectivity index (χ0v) is 11.9. The highest BCUT2D eigenvalue weighted by atomic mass is 127. The van der Waals surface area contributed by atoms with Crippen molar-refractivity contribution >= 4 is 40.2 Å². The van der Waals surface area contributed by atoms with E-state index in [-0.39, 0.29) is 12.5 Å². The number of hydrogen-bond donors (Lipinski definition) is 2. The fourth-order valence-electron chi connectivity index (χ4n) is 1.46. The SMILES string of the molecule is O=C(O)Cn1cc(NC(=O)c2ccc(I)cc2)cn1. The highest BCUT2D eigenvalue weighted by Gasteiger charge is 2.08. The normalized spacial score (nSPS) is 10.2. The highest BCUT2D eigenvalue weighted by molar-refractivity contribution is 14.1. The number of nitrogens with zero attached hydrogens (tertiary/aromatic N) is 2. The van der Waals surface area contributed by atoms with Gasteiger partial charge in [-0.15, -0.1) is 0 Å². The van der Waals surface area contributed by atoms with Gasteiger partial charge < -0.3 is 10.4 Å². The Morgan fingerprint density at radius 3 is 2.63 bits per heavy atom. The number of amides is 1. The van der Waals surface area contributed by atoms with Crippen LogP contribution in [0.4, 0.5) is 5.69 Å². The molecule has 1 aromatic heterocycles. The van der Waals surface area contributed by atoms with Gasteiger partial charge in [0.05, 0.1) is 11.9 Å². The molecule has 0 bridgehead atoms. The number of halogens is 1. The number of carbonyl (C=O) groups excluding carboxylic acids is 1. The number of anilines is 1. The summed E-state index contributed by atoms with van der Waals surface area (Å²) in [5.41, 5.74) is 0.996. The fourth-order valence-corrected chi connectivity index (χ4v) is 1.82. The quantitative estimate of drug-likeness (QED) is 0.804. The van der Waals surface area contributed by atoms with Crippen LogP contribution in [0.25, 0.3) is 0 Å². The Morgan fingerprint density at radius 2 is 2.00 bits per heavy atom. The van der Waals surface area contributed by atoms with Gasteiger partial charge in [0.15, 0.2) is 0 Å². The topological polar surface area (TPSA) is 84.2 Å². The zero-order valence-electron chi connectivity index (χ0n) is 9.71. The van der Waals surface area contributed by atoms with E-state index in [4.69, 9.17) is 5.11 Å². The van der Waals surface area contributed by atoms with Crippen molar-refractivity contribution in [1.29, 1.82) is 0 Å². The van der Waals surface area contributed by atoms with Crippen LogP contribution in [0, 0.1) is 3.57 Å². The lowest BCUT2D eigenvalue weighted by molar-refractivity contribution is -0.137. The van der Waals surface area contributed by atoms with E-state index in [1.54, 1.807) is 12.1 Å². The van der Waals surface area contributed by atoms with Gasteiger partial charge >= 0.3 is 5.97 Å². The average Bonchev–Trinajstić information content (AvgIpc) is 2.76. The third-order valence-electron chi connectivity index (χ3n) is 2.29. The summed E-state index contributed by atoms with van der Waals surface area (Å²) in [5, 5.41) is 15.1. The summed E-state index contributed by atoms with van der Waals surface area (Å²) >= 11 is 2.16. The summed E-state index contributed by atoms with van der Waals surface area (Å²) in [5.74, 6) is -1.25. The van der Waals surface area contributed by atoms with E-state index in [0.29, 0.717) is 11.3 Å². The average molecular weight is 371 g/mol. The fraction of sp³-hybridized carbons (Fsp3) is 0.0833. The number of hydrogen-bond acceptors (Lipinski definition) is 3. The Balaban J connectivity index is 2.04. The number of nitrogens with one attached hydrogen (secondary N) is 1. The van der Waals surface area contributed by atoms with Crippen molar-refractivity contribution in [3.8, 4) is 0 Å². The van der Waals surface area contributed by atoms with Crippen LogP contribution in [-0.2, 0) is 11.3 Å². The van der Waals surface area contributed by atoms with Gasteiger partial charge in [-0.2, -0.15) is 5.10 Å². The molecule has 7 heteroatoms. The second kappa shape index (κ2) is 5.83. The summed E-state index contributed by atoms with van der Waals surface area (Å²) in [6, 6.07) is 7.12. The zero-order chi connectivity index (χ0) is 13.8. The molecule has 0 saturated carbocycles. The van der Waals surface area contributed by atoms with Crippen LogP contribution in [0.2, 0.25) is 0 Å². The molecule has 1 amide bonds. The number of carboxylic acids is 1. The summed E-state index contributed by atoms with van der Waals surface area (Å²) in [4.78, 5) is 22.4. The predicted molar refractivity (Wildman–Crippen MR) is 77.0 cm³/mol. The second-order valence-corrected chi connectivity index (χ2v) is 5.03. The molecule has 2 aromatic rings. The monoisotopic (exact) mass is 371 g/mol. The molecule has 2 N–H and O–H groups in total. The van der Waals surface area contributed by atoms with Gasteiger partial charge in [-0.1, -0.05) is 0 Å². The Kier molecular flexibility index (Phi) is 4.15. The summed E-state index contributed by atoms with van der Waals surface area (Å²) in [6.07, 6.45) is 2.88. The number of rotatable bonds is 4. The molecule has 0 atom stereocenters. The number of carbonyl (C=O) groups is 2. The summed E-state index contributed by atoms with van der Waals surface area (Å²) in [6.45, 7) is -0.237. The van der Waals surface area contributed by atoms with Gasteiger partial charge in [-0.3, -0.25) is 14.3 Å². The number of carboxylic acid groups (broad SMARTS) is 1. The first-order valence-electron chi connectivity index (χ1n) is 5.36. The standard InChI is InChI=1S/C12H10IN3O3/c13-9-3-1-8(2-4-9)12(19)15-10-5-14-16(6-10)7-11(17)18/h1-6H,7H2,(H,15,19)(H,17,18). The third-order valence-corrected chi connectivity index (χ3v) is 3.01. The summed E-state index contributed by atoms with van der Waals surface area (Å²) in [7, 11) is 0. The first kappa shape index (κ1) is 13.5. The van der Waals surface area contributed by atoms with Crippen LogP contribution in [-0.4, -0.2) is 26.8 Å². The molecule has 1 aromatic carbocycles. The molecule has 6 nitrogen and oxygen atoms in total. The molecule has 0 radical (unpaired) electrons. The molecule has 19 heavy (non-hydrogen) atoms. The number of aliphatic carboxylic acids is 1. The van der Waals surface area contributed by atoms with E-state index in [9.17, 15) is 9.59 Å². The molecule has 1 heterocycles. The van der Waals surface area contributed by atoms with Crippen molar-refractivity contribution in [1.82, 2.24) is 9.78 Å². The molecule has 0 saturated heterocycles. The van der Waals surface area contributed by atoms with Crippen molar-refractivity contribution < 1.29 is 14.7 Å². The lowest BCUT2D eigenvalue weighted by atomic mass is 10.2. The maximum atomic E-state index is 11.9. The molecule has 0 aliphatic heterocycles. The highest BCUT2D eigenvalue weighted by Crippen LogP contribution is 2.10. The van der Waals surface area contributed by atoms with Gasteiger partial charge in [0.25, 0.3) is 5.91 Å². The van der Waals surface area contributed by atoms with Crippen LogP contribution < -0.4 is 5.32 Å². The molecule has 98 valence electrons. The maximum absolute atomic E-state index is 11.9. The van der Waals surface area contributed by atoms with Crippen molar-refractivity contribution in [2.75, 3.05) is 5.32 Å². The van der Waals surface area contributed by atoms with Gasteiger partial charge in [0, 0.05) is 15.3 Å². The van der Waals surface area contributed by atoms with E-state index in [2.05, 4.69) is 33.0 Å². The van der Waals surface area contributed by atoms with Gasteiger partial charge in [0.1, 0.15) is 6.54 Å². The minimum Gasteiger partial charge on any atom is -0.480 e. The lowest BCUT2D eigenvalue weighted by Crippen LogP contribution is -2.11. The van der Waals surface area contributed by atoms with Crippen LogP contribution in [0.1, 0.15) is 10.4 Å². The molecule has 0 fully saturated rings. The molecule has 2 rings (SSSR count). The van der Waals surface area contributed by atoms with Crippen LogP contribution in [0.5, 0.6) is 0 Å². The second-order valence-electron chi connectivity index (χ2n) is 3.78. The molecular formula is C12H10IN3O3. The van der Waals surface area contributed by atoms with E-state index < -0.39 is 5.97 Å². The minimum atomic E-state index is -0.987. The van der Waals surface area contributed by atoms with E-state index >= 15 is 0 Å². The smallest absolute Gasteiger partial charge is 0.325 e. The third kappa shape index (κ3) is 3.78. The minimum absolute atomic E-state index is 0.237. The van der Waals surface area contributed by atoms with Crippen molar-refractivity contribution in [2.45, 2.75) is 6.54 Å². The maximum Gasteiger partial charge on any atom is 0.325 e. The van der Waals surface area contributed by atoms with Crippen molar-refractivity contribution in [2.24, 2.45) is 0 Å². The molecule has 0 aliphatic rings. The van der Waals surface area contributed by atoms with Gasteiger partial charge in [0.2, 0.25) is 0 Å². The first-order valence-corrected chi connectivity index (χ1v) is 6.43. The Morgan fingerprint density at radius 1 is 1.32 bits per heavy atom. The number of aromatic nitrogens is 2. The van der Waals surface area contributed by atoms with E-state index in [0.717, 1.165) is 3.57 Å². The van der Waals surface area contributed by atoms with Crippen LogP contribution in [0.3, 0.4) is 0 Å². The van der Waals surface area contributed by atoms with E-state index in [1.165, 1.54) is 17.1 Å². The Hall–Kier alpha value is -1.90.